The van der Waals surface area contributed by atoms with Gasteiger partial charge in [-0.15, -0.1) is 0 Å². The molecule has 2 unspecified atom stereocenters. The quantitative estimate of drug-likeness (QED) is 0.638. The van der Waals surface area contributed by atoms with Crippen molar-refractivity contribution in [1.82, 2.24) is 5.32 Å². The maximum absolute atomic E-state index is 12.1. The van der Waals surface area contributed by atoms with Gasteiger partial charge in [0.25, 0.3) is 0 Å². The first kappa shape index (κ1) is 21.5. The first-order chi connectivity index (χ1) is 11.8. The Kier molecular flexibility index (Phi) is 8.98. The lowest BCUT2D eigenvalue weighted by Gasteiger charge is -2.27. The van der Waals surface area contributed by atoms with Crippen LogP contribution >= 0.6 is 0 Å². The molecule has 2 atom stereocenters. The van der Waals surface area contributed by atoms with E-state index in [1.165, 1.54) is 5.56 Å². The number of nitrogens with one attached hydrogen (secondary N) is 1. The maximum Gasteiger partial charge on any atom is 0.225 e. The van der Waals surface area contributed by atoms with Crippen LogP contribution in [0.4, 0.5) is 0 Å². The van der Waals surface area contributed by atoms with Crippen molar-refractivity contribution in [3.8, 4) is 5.75 Å². The van der Waals surface area contributed by atoms with E-state index < -0.39 is 0 Å². The monoisotopic (exact) mass is 349 g/mol. The van der Waals surface area contributed by atoms with Gasteiger partial charge in [-0.05, 0) is 50.3 Å². The van der Waals surface area contributed by atoms with Crippen LogP contribution in [0.2, 0.25) is 0 Å². The molecule has 0 bridgehead atoms. The molecule has 1 aromatic rings. The van der Waals surface area contributed by atoms with Gasteiger partial charge in [-0.2, -0.15) is 0 Å². The van der Waals surface area contributed by atoms with E-state index in [-0.39, 0.29) is 23.5 Å². The molecule has 0 saturated carbocycles. The minimum Gasteiger partial charge on any atom is -0.497 e. The lowest BCUT2D eigenvalue weighted by Crippen LogP contribution is -2.46. The van der Waals surface area contributed by atoms with Gasteiger partial charge in [-0.25, -0.2) is 0 Å². The third-order valence-corrected chi connectivity index (χ3v) is 4.35. The Morgan fingerprint density at radius 1 is 1.16 bits per heavy atom. The van der Waals surface area contributed by atoms with E-state index in [0.29, 0.717) is 0 Å². The Morgan fingerprint density at radius 3 is 2.32 bits per heavy atom. The largest absolute Gasteiger partial charge is 0.497 e. The molecule has 25 heavy (non-hydrogen) atoms. The van der Waals surface area contributed by atoms with Crippen LogP contribution < -0.4 is 10.1 Å². The zero-order chi connectivity index (χ0) is 18.9. The molecular formula is C21H35NO3. The van der Waals surface area contributed by atoms with Crippen molar-refractivity contribution in [3.05, 3.63) is 29.8 Å². The van der Waals surface area contributed by atoms with Gasteiger partial charge < -0.3 is 14.8 Å². The fourth-order valence-corrected chi connectivity index (χ4v) is 2.59. The number of amides is 1. The number of benzene rings is 1. The van der Waals surface area contributed by atoms with Crippen molar-refractivity contribution in [3.63, 3.8) is 0 Å². The predicted octanol–water partition coefficient (Wildman–Crippen LogP) is 4.36. The number of carbonyl (C=O) groups is 1. The van der Waals surface area contributed by atoms with Crippen LogP contribution in [-0.4, -0.2) is 31.8 Å². The fraction of sp³-hybridized carbons (Fsp3) is 0.667. The molecule has 1 amide bonds. The Morgan fingerprint density at radius 2 is 1.80 bits per heavy atom. The number of methoxy groups -OCH3 is 1. The van der Waals surface area contributed by atoms with E-state index in [9.17, 15) is 4.79 Å². The highest BCUT2D eigenvalue weighted by atomic mass is 16.5. The molecule has 142 valence electrons. The number of carbonyl (C=O) groups excluding carboxylic acids is 1. The SMILES string of the molecule is CCC(OCCCCc1ccc(OC)cc1)C(C)NC(=O)C(C)(C)C. The van der Waals surface area contributed by atoms with Crippen LogP contribution in [0.25, 0.3) is 0 Å². The second kappa shape index (κ2) is 10.4. The van der Waals surface area contributed by atoms with Crippen molar-refractivity contribution in [1.29, 1.82) is 0 Å². The zero-order valence-electron chi connectivity index (χ0n) is 16.7. The molecule has 0 heterocycles. The predicted molar refractivity (Wildman–Crippen MR) is 103 cm³/mol. The molecule has 0 saturated heterocycles. The number of unbranched alkanes of at least 4 members (excludes halogenated alkanes) is 1. The van der Waals surface area contributed by atoms with Crippen LogP contribution in [0.15, 0.2) is 24.3 Å². The van der Waals surface area contributed by atoms with E-state index in [0.717, 1.165) is 38.0 Å². The van der Waals surface area contributed by atoms with Crippen LogP contribution in [0.3, 0.4) is 0 Å². The number of hydrogen-bond acceptors (Lipinski definition) is 3. The highest BCUT2D eigenvalue weighted by Crippen LogP contribution is 2.15. The maximum atomic E-state index is 12.1. The van der Waals surface area contributed by atoms with E-state index in [4.69, 9.17) is 9.47 Å². The Balaban J connectivity index is 2.28. The topological polar surface area (TPSA) is 47.6 Å². The summed E-state index contributed by atoms with van der Waals surface area (Å²) in [6.07, 6.45) is 4.10. The molecule has 0 aliphatic heterocycles. The minimum atomic E-state index is -0.370. The summed E-state index contributed by atoms with van der Waals surface area (Å²) >= 11 is 0. The van der Waals surface area contributed by atoms with Gasteiger partial charge in [0.15, 0.2) is 0 Å². The molecule has 0 aliphatic rings. The Labute approximate surface area is 153 Å². The molecular weight excluding hydrogens is 314 g/mol. The first-order valence-electron chi connectivity index (χ1n) is 9.33. The first-order valence-corrected chi connectivity index (χ1v) is 9.33. The summed E-state index contributed by atoms with van der Waals surface area (Å²) < 4.78 is 11.2. The summed E-state index contributed by atoms with van der Waals surface area (Å²) in [6.45, 7) is 10.6. The number of ether oxygens (including phenoxy) is 2. The second-order valence-corrected chi connectivity index (χ2v) is 7.63. The molecule has 1 aromatic carbocycles. The molecule has 0 aliphatic carbocycles. The average Bonchev–Trinajstić information content (AvgIpc) is 2.57. The number of rotatable bonds is 10. The summed E-state index contributed by atoms with van der Waals surface area (Å²) in [7, 11) is 1.68. The summed E-state index contributed by atoms with van der Waals surface area (Å²) in [6, 6.07) is 8.24. The van der Waals surface area contributed by atoms with Gasteiger partial charge in [0.1, 0.15) is 5.75 Å². The van der Waals surface area contributed by atoms with Crippen molar-refractivity contribution in [2.45, 2.75) is 72.4 Å². The molecule has 1 N–H and O–H groups in total. The highest BCUT2D eigenvalue weighted by Gasteiger charge is 2.25. The van der Waals surface area contributed by atoms with Gasteiger partial charge in [-0.3, -0.25) is 4.79 Å². The molecule has 0 spiro atoms. The number of hydrogen-bond donors (Lipinski definition) is 1. The standard InChI is InChI=1S/C21H35NO3/c1-7-19(16(2)22-20(23)21(3,4)5)25-15-9-8-10-17-11-13-18(24-6)14-12-17/h11-14,16,19H,7-10,15H2,1-6H3,(H,22,23). The van der Waals surface area contributed by atoms with Crippen LogP contribution in [0.5, 0.6) is 5.75 Å². The van der Waals surface area contributed by atoms with E-state index in [1.807, 2.05) is 39.8 Å². The van der Waals surface area contributed by atoms with Crippen molar-refractivity contribution < 1.29 is 14.3 Å². The Hall–Kier alpha value is -1.55. The van der Waals surface area contributed by atoms with Gasteiger partial charge in [0.05, 0.1) is 19.3 Å². The normalized spacial score (nSPS) is 14.0. The average molecular weight is 350 g/mol. The molecule has 4 nitrogen and oxygen atoms in total. The second-order valence-electron chi connectivity index (χ2n) is 7.63. The smallest absolute Gasteiger partial charge is 0.225 e. The number of aryl methyl sites for hydroxylation is 1. The van der Waals surface area contributed by atoms with Crippen LogP contribution in [0, 0.1) is 5.41 Å². The van der Waals surface area contributed by atoms with Crippen molar-refractivity contribution in [2.75, 3.05) is 13.7 Å². The molecule has 1 rings (SSSR count). The lowest BCUT2D eigenvalue weighted by molar-refractivity contribution is -0.130. The van der Waals surface area contributed by atoms with Crippen molar-refractivity contribution >= 4 is 5.91 Å². The summed E-state index contributed by atoms with van der Waals surface area (Å²) in [5.74, 6) is 0.964. The zero-order valence-corrected chi connectivity index (χ0v) is 16.7. The summed E-state index contributed by atoms with van der Waals surface area (Å²) in [5.41, 5.74) is 0.948. The summed E-state index contributed by atoms with van der Waals surface area (Å²) in [4.78, 5) is 12.1. The van der Waals surface area contributed by atoms with E-state index in [1.54, 1.807) is 7.11 Å². The molecule has 4 heteroatoms. The van der Waals surface area contributed by atoms with Gasteiger partial charge in [0, 0.05) is 12.0 Å². The minimum absolute atomic E-state index is 0.0262. The molecule has 0 fully saturated rings. The summed E-state index contributed by atoms with van der Waals surface area (Å²) in [5, 5.41) is 3.07. The van der Waals surface area contributed by atoms with Gasteiger partial charge in [0.2, 0.25) is 5.91 Å². The lowest BCUT2D eigenvalue weighted by atomic mass is 9.95. The highest BCUT2D eigenvalue weighted by molar-refractivity contribution is 5.81. The Bertz CT molecular complexity index is 505. The third kappa shape index (κ3) is 7.91. The van der Waals surface area contributed by atoms with Gasteiger partial charge in [-0.1, -0.05) is 39.8 Å². The van der Waals surface area contributed by atoms with Crippen LogP contribution in [-0.2, 0) is 16.0 Å². The fourth-order valence-electron chi connectivity index (χ4n) is 2.59. The molecule has 0 aromatic heterocycles. The van der Waals surface area contributed by atoms with Gasteiger partial charge >= 0.3 is 0 Å². The van der Waals surface area contributed by atoms with Crippen LogP contribution in [0.1, 0.15) is 59.4 Å². The van der Waals surface area contributed by atoms with E-state index in [2.05, 4.69) is 24.4 Å². The van der Waals surface area contributed by atoms with Crippen molar-refractivity contribution in [2.24, 2.45) is 5.41 Å². The van der Waals surface area contributed by atoms with E-state index >= 15 is 0 Å². The molecule has 0 radical (unpaired) electrons. The third-order valence-electron chi connectivity index (χ3n) is 4.35.